The fourth-order valence-electron chi connectivity index (χ4n) is 3.29. The average molecular weight is 254 g/mol. The van der Waals surface area contributed by atoms with Crippen molar-refractivity contribution < 1.29 is 9.84 Å². The number of ether oxygens (including phenoxy) is 1. The second-order valence-electron chi connectivity index (χ2n) is 5.02. The number of rotatable bonds is 3. The molecule has 1 aliphatic rings. The number of methoxy groups -OCH3 is 1. The van der Waals surface area contributed by atoms with Crippen molar-refractivity contribution >= 4 is 0 Å². The second kappa shape index (κ2) is 4.39. The van der Waals surface area contributed by atoms with E-state index in [0.717, 1.165) is 23.3 Å². The van der Waals surface area contributed by atoms with Gasteiger partial charge < -0.3 is 9.84 Å². The average Bonchev–Trinajstić information content (AvgIpc) is 2.47. The molecule has 1 aliphatic carbocycles. The van der Waals surface area contributed by atoms with Crippen molar-refractivity contribution in [3.05, 3.63) is 65.2 Å². The van der Waals surface area contributed by atoms with E-state index < -0.39 is 5.60 Å². The van der Waals surface area contributed by atoms with Gasteiger partial charge in [0.05, 0.1) is 7.11 Å². The summed E-state index contributed by atoms with van der Waals surface area (Å²) in [5.41, 5.74) is 2.15. The van der Waals surface area contributed by atoms with E-state index in [1.54, 1.807) is 7.11 Å². The van der Waals surface area contributed by atoms with Gasteiger partial charge in [-0.1, -0.05) is 49.4 Å². The fourth-order valence-corrected chi connectivity index (χ4v) is 3.29. The molecule has 19 heavy (non-hydrogen) atoms. The highest BCUT2D eigenvalue weighted by Crippen LogP contribution is 2.58. The largest absolute Gasteiger partial charge is 0.496 e. The Hall–Kier alpha value is -1.80. The SMILES string of the molecule is CC[C@H]1c2cccc(OC)c2[C@]1(O)c1ccccc1. The molecule has 0 fully saturated rings. The lowest BCUT2D eigenvalue weighted by atomic mass is 9.60. The summed E-state index contributed by atoms with van der Waals surface area (Å²) in [7, 11) is 1.65. The molecule has 3 rings (SSSR count). The number of hydrogen-bond donors (Lipinski definition) is 1. The third-order valence-corrected chi connectivity index (χ3v) is 4.16. The lowest BCUT2D eigenvalue weighted by Crippen LogP contribution is -2.44. The van der Waals surface area contributed by atoms with E-state index in [0.29, 0.717) is 0 Å². The third-order valence-electron chi connectivity index (χ3n) is 4.16. The van der Waals surface area contributed by atoms with Crippen LogP contribution in [0.2, 0.25) is 0 Å². The molecule has 0 bridgehead atoms. The van der Waals surface area contributed by atoms with Crippen LogP contribution in [0.4, 0.5) is 0 Å². The van der Waals surface area contributed by atoms with Crippen molar-refractivity contribution in [1.29, 1.82) is 0 Å². The normalized spacial score (nSPS) is 24.5. The van der Waals surface area contributed by atoms with Gasteiger partial charge in [-0.25, -0.2) is 0 Å². The Labute approximate surface area is 113 Å². The van der Waals surface area contributed by atoms with Crippen LogP contribution < -0.4 is 4.74 Å². The van der Waals surface area contributed by atoms with Gasteiger partial charge >= 0.3 is 0 Å². The highest BCUT2D eigenvalue weighted by atomic mass is 16.5. The van der Waals surface area contributed by atoms with Gasteiger partial charge in [-0.05, 0) is 23.6 Å². The lowest BCUT2D eigenvalue weighted by molar-refractivity contribution is 0.0162. The van der Waals surface area contributed by atoms with Gasteiger partial charge in [-0.2, -0.15) is 0 Å². The minimum Gasteiger partial charge on any atom is -0.496 e. The molecule has 2 aromatic rings. The lowest BCUT2D eigenvalue weighted by Gasteiger charge is -2.48. The quantitative estimate of drug-likeness (QED) is 0.909. The second-order valence-corrected chi connectivity index (χ2v) is 5.02. The summed E-state index contributed by atoms with van der Waals surface area (Å²) in [4.78, 5) is 0. The van der Waals surface area contributed by atoms with Gasteiger partial charge in [0.25, 0.3) is 0 Å². The maximum atomic E-state index is 11.2. The van der Waals surface area contributed by atoms with Gasteiger partial charge in [-0.15, -0.1) is 0 Å². The van der Waals surface area contributed by atoms with Crippen LogP contribution in [0.25, 0.3) is 0 Å². The first-order valence-corrected chi connectivity index (χ1v) is 6.68. The summed E-state index contributed by atoms with van der Waals surface area (Å²) in [6, 6.07) is 15.9. The molecule has 2 heteroatoms. The molecule has 2 nitrogen and oxygen atoms in total. The van der Waals surface area contributed by atoms with Crippen LogP contribution in [-0.2, 0) is 5.60 Å². The Balaban J connectivity index is 2.21. The van der Waals surface area contributed by atoms with Gasteiger partial charge in [0, 0.05) is 11.5 Å². The maximum absolute atomic E-state index is 11.2. The van der Waals surface area contributed by atoms with E-state index in [-0.39, 0.29) is 5.92 Å². The number of benzene rings is 2. The van der Waals surface area contributed by atoms with Gasteiger partial charge in [0.2, 0.25) is 0 Å². The Morgan fingerprint density at radius 1 is 1.11 bits per heavy atom. The first-order chi connectivity index (χ1) is 9.23. The van der Waals surface area contributed by atoms with Gasteiger partial charge in [0.1, 0.15) is 11.4 Å². The third kappa shape index (κ3) is 1.53. The molecule has 0 radical (unpaired) electrons. The van der Waals surface area contributed by atoms with E-state index in [1.165, 1.54) is 5.56 Å². The van der Waals surface area contributed by atoms with Gasteiger partial charge in [0.15, 0.2) is 0 Å². The highest BCUT2D eigenvalue weighted by molar-refractivity contribution is 5.60. The van der Waals surface area contributed by atoms with Crippen LogP contribution in [-0.4, -0.2) is 12.2 Å². The summed E-state index contributed by atoms with van der Waals surface area (Å²) in [6.45, 7) is 2.11. The van der Waals surface area contributed by atoms with Crippen molar-refractivity contribution in [3.63, 3.8) is 0 Å². The van der Waals surface area contributed by atoms with Crippen LogP contribution in [0.3, 0.4) is 0 Å². The predicted molar refractivity (Wildman–Crippen MR) is 75.5 cm³/mol. The van der Waals surface area contributed by atoms with Crippen molar-refractivity contribution in [2.24, 2.45) is 0 Å². The molecule has 0 saturated carbocycles. The van der Waals surface area contributed by atoms with Crippen LogP contribution in [0.1, 0.15) is 36.0 Å². The molecule has 0 amide bonds. The highest BCUT2D eigenvalue weighted by Gasteiger charge is 2.52. The van der Waals surface area contributed by atoms with Gasteiger partial charge in [-0.3, -0.25) is 0 Å². The Kier molecular flexibility index (Phi) is 2.83. The molecule has 98 valence electrons. The minimum atomic E-state index is -0.919. The van der Waals surface area contributed by atoms with Crippen molar-refractivity contribution in [1.82, 2.24) is 0 Å². The van der Waals surface area contributed by atoms with Crippen LogP contribution in [0, 0.1) is 0 Å². The summed E-state index contributed by atoms with van der Waals surface area (Å²) < 4.78 is 5.43. The Morgan fingerprint density at radius 3 is 2.47 bits per heavy atom. The zero-order chi connectivity index (χ0) is 13.5. The molecular formula is C17H18O2. The smallest absolute Gasteiger partial charge is 0.125 e. The van der Waals surface area contributed by atoms with Crippen molar-refractivity contribution in [3.8, 4) is 5.75 Å². The zero-order valence-corrected chi connectivity index (χ0v) is 11.3. The monoisotopic (exact) mass is 254 g/mol. The van der Waals surface area contributed by atoms with E-state index in [9.17, 15) is 5.11 Å². The van der Waals surface area contributed by atoms with E-state index >= 15 is 0 Å². The molecule has 0 unspecified atom stereocenters. The molecule has 2 aromatic carbocycles. The fraction of sp³-hybridized carbons (Fsp3) is 0.294. The molecule has 0 saturated heterocycles. The first-order valence-electron chi connectivity index (χ1n) is 6.68. The number of aliphatic hydroxyl groups is 1. The minimum absolute atomic E-state index is 0.139. The summed E-state index contributed by atoms with van der Waals surface area (Å²) in [6.07, 6.45) is 0.908. The number of fused-ring (bicyclic) bond motifs is 1. The van der Waals surface area contributed by atoms with E-state index in [1.807, 2.05) is 42.5 Å². The molecular weight excluding hydrogens is 236 g/mol. The predicted octanol–water partition coefficient (Wildman–Crippen LogP) is 3.44. The van der Waals surface area contributed by atoms with E-state index in [2.05, 4.69) is 13.0 Å². The number of hydrogen-bond acceptors (Lipinski definition) is 2. The molecule has 0 aliphatic heterocycles. The summed E-state index contributed by atoms with van der Waals surface area (Å²) in [5, 5.41) is 11.2. The van der Waals surface area contributed by atoms with Crippen molar-refractivity contribution in [2.45, 2.75) is 24.9 Å². The molecule has 0 aromatic heterocycles. The van der Waals surface area contributed by atoms with Crippen LogP contribution in [0.15, 0.2) is 48.5 Å². The topological polar surface area (TPSA) is 29.5 Å². The molecule has 0 spiro atoms. The molecule has 0 heterocycles. The Bertz CT molecular complexity index is 591. The molecule has 2 atom stereocenters. The van der Waals surface area contributed by atoms with E-state index in [4.69, 9.17) is 4.74 Å². The Morgan fingerprint density at radius 2 is 1.84 bits per heavy atom. The maximum Gasteiger partial charge on any atom is 0.125 e. The van der Waals surface area contributed by atoms with Crippen molar-refractivity contribution in [2.75, 3.05) is 7.11 Å². The van der Waals surface area contributed by atoms with Crippen LogP contribution in [0.5, 0.6) is 5.75 Å². The summed E-state index contributed by atoms with van der Waals surface area (Å²) in [5.74, 6) is 0.911. The zero-order valence-electron chi connectivity index (χ0n) is 11.3. The first kappa shape index (κ1) is 12.2. The van der Waals surface area contributed by atoms with Crippen LogP contribution >= 0.6 is 0 Å². The summed E-state index contributed by atoms with van der Waals surface area (Å²) >= 11 is 0. The standard InChI is InChI=1S/C17H18O2/c1-3-14-13-10-7-11-15(19-2)16(13)17(14,18)12-8-5-4-6-9-12/h4-11,14,18H,3H2,1-2H3/t14-,17-/m0/s1. The molecule has 1 N–H and O–H groups in total.